The quantitative estimate of drug-likeness (QED) is 0.240. The molecule has 0 N–H and O–H groups in total. The number of benzene rings is 3. The summed E-state index contributed by atoms with van der Waals surface area (Å²) in [5.41, 5.74) is -1.28. The predicted octanol–water partition coefficient (Wildman–Crippen LogP) is 7.72. The Bertz CT molecular complexity index is 1080. The van der Waals surface area contributed by atoms with Crippen LogP contribution >= 0.6 is 0 Å². The summed E-state index contributed by atoms with van der Waals surface area (Å²) in [4.78, 5) is 0. The van der Waals surface area contributed by atoms with Crippen molar-refractivity contribution in [2.45, 2.75) is 45.3 Å². The Hall–Kier alpha value is -2.97. The molecular weight excluding hydrogens is 441 g/mol. The van der Waals surface area contributed by atoms with Gasteiger partial charge in [0.1, 0.15) is 22.9 Å². The number of rotatable bonds is 9. The smallest absolute Gasteiger partial charge is 0.432 e. The second-order valence-corrected chi connectivity index (χ2v) is 7.15. The molecule has 0 saturated heterocycles. The van der Waals surface area contributed by atoms with Crippen LogP contribution in [0.1, 0.15) is 37.3 Å². The fourth-order valence-corrected chi connectivity index (χ4v) is 3.33. The number of ether oxygens (including phenoxy) is 2. The highest BCUT2D eigenvalue weighted by atomic mass is 19.3. The van der Waals surface area contributed by atoms with Gasteiger partial charge < -0.3 is 9.47 Å². The van der Waals surface area contributed by atoms with Gasteiger partial charge in [-0.05, 0) is 60.2 Å². The van der Waals surface area contributed by atoms with E-state index in [1.807, 2.05) is 6.92 Å². The molecule has 0 aliphatic carbocycles. The second-order valence-electron chi connectivity index (χ2n) is 7.15. The molecule has 0 aliphatic heterocycles. The van der Waals surface area contributed by atoms with Gasteiger partial charge in [0.05, 0.1) is 0 Å². The Morgan fingerprint density at radius 2 is 1.59 bits per heavy atom. The number of fused-ring (bicyclic) bond motifs is 1. The SMILES string of the molecule is CCCCCc1cc(F)c(C(F)(F)Oc2ccc3c(F)c(OC(F)F)ccc3c2)c(F)c1. The average molecular weight is 460 g/mol. The molecule has 2 nitrogen and oxygen atoms in total. The van der Waals surface area contributed by atoms with Crippen LogP contribution in [0.15, 0.2) is 42.5 Å². The lowest BCUT2D eigenvalue weighted by Gasteiger charge is -2.20. The molecule has 0 bridgehead atoms. The van der Waals surface area contributed by atoms with Gasteiger partial charge in [0.15, 0.2) is 11.6 Å². The van der Waals surface area contributed by atoms with Crippen LogP contribution < -0.4 is 9.47 Å². The first-order valence-corrected chi connectivity index (χ1v) is 9.84. The summed E-state index contributed by atoms with van der Waals surface area (Å²) in [6, 6.07) is 6.71. The van der Waals surface area contributed by atoms with E-state index in [1.54, 1.807) is 0 Å². The molecule has 9 heteroatoms. The molecule has 0 fully saturated rings. The molecule has 0 spiro atoms. The lowest BCUT2D eigenvalue weighted by molar-refractivity contribution is -0.189. The minimum absolute atomic E-state index is 0.0321. The van der Waals surface area contributed by atoms with Crippen LogP contribution in [-0.2, 0) is 12.5 Å². The Kier molecular flexibility index (Phi) is 7.16. The van der Waals surface area contributed by atoms with Crippen LogP contribution in [0.25, 0.3) is 10.8 Å². The van der Waals surface area contributed by atoms with Gasteiger partial charge in [0.25, 0.3) is 0 Å². The second kappa shape index (κ2) is 9.67. The van der Waals surface area contributed by atoms with E-state index in [1.165, 1.54) is 0 Å². The monoisotopic (exact) mass is 460 g/mol. The summed E-state index contributed by atoms with van der Waals surface area (Å²) in [7, 11) is 0. The van der Waals surface area contributed by atoms with Gasteiger partial charge in [0, 0.05) is 5.39 Å². The summed E-state index contributed by atoms with van der Waals surface area (Å²) in [5, 5.41) is -0.155. The third kappa shape index (κ3) is 5.26. The van der Waals surface area contributed by atoms with E-state index in [2.05, 4.69) is 9.47 Å². The highest BCUT2D eigenvalue weighted by Gasteiger charge is 2.41. The third-order valence-corrected chi connectivity index (χ3v) is 4.81. The van der Waals surface area contributed by atoms with E-state index in [0.29, 0.717) is 12.8 Å². The minimum atomic E-state index is -4.36. The molecule has 0 radical (unpaired) electrons. The first-order valence-electron chi connectivity index (χ1n) is 9.84. The Morgan fingerprint density at radius 1 is 0.906 bits per heavy atom. The maximum absolute atomic E-state index is 14.6. The van der Waals surface area contributed by atoms with Gasteiger partial charge in [-0.3, -0.25) is 0 Å². The van der Waals surface area contributed by atoms with Crippen LogP contribution in [0.3, 0.4) is 0 Å². The highest BCUT2D eigenvalue weighted by Crippen LogP contribution is 2.37. The number of hydrogen-bond donors (Lipinski definition) is 0. The Labute approximate surface area is 179 Å². The van der Waals surface area contributed by atoms with E-state index in [9.17, 15) is 30.7 Å². The summed E-state index contributed by atoms with van der Waals surface area (Å²) < 4.78 is 105. The molecule has 3 aromatic carbocycles. The molecule has 3 rings (SSSR count). The zero-order valence-corrected chi connectivity index (χ0v) is 16.9. The molecule has 0 heterocycles. The third-order valence-electron chi connectivity index (χ3n) is 4.81. The number of aryl methyl sites for hydroxylation is 1. The molecule has 0 aliphatic rings. The largest absolute Gasteiger partial charge is 0.432 e. The number of halogens is 7. The first kappa shape index (κ1) is 23.7. The van der Waals surface area contributed by atoms with Gasteiger partial charge in [-0.15, -0.1) is 0 Å². The lowest BCUT2D eigenvalue weighted by atomic mass is 10.0. The van der Waals surface area contributed by atoms with Crippen molar-refractivity contribution >= 4 is 10.8 Å². The van der Waals surface area contributed by atoms with E-state index >= 15 is 0 Å². The minimum Gasteiger partial charge on any atom is -0.432 e. The molecule has 0 atom stereocenters. The van der Waals surface area contributed by atoms with Crippen LogP contribution in [0.2, 0.25) is 0 Å². The topological polar surface area (TPSA) is 18.5 Å². The van der Waals surface area contributed by atoms with Gasteiger partial charge >= 0.3 is 12.7 Å². The molecule has 32 heavy (non-hydrogen) atoms. The van der Waals surface area contributed by atoms with Crippen LogP contribution in [0.4, 0.5) is 30.7 Å². The van der Waals surface area contributed by atoms with Crippen molar-refractivity contribution < 1.29 is 40.2 Å². The van der Waals surface area contributed by atoms with Gasteiger partial charge in [0.2, 0.25) is 0 Å². The van der Waals surface area contributed by atoms with Crippen molar-refractivity contribution in [1.82, 2.24) is 0 Å². The summed E-state index contributed by atoms with van der Waals surface area (Å²) in [6.07, 6.45) is -1.62. The van der Waals surface area contributed by atoms with Crippen molar-refractivity contribution in [3.63, 3.8) is 0 Å². The first-order chi connectivity index (χ1) is 15.1. The molecular formula is C23H19F7O2. The summed E-state index contributed by atoms with van der Waals surface area (Å²) >= 11 is 0. The van der Waals surface area contributed by atoms with Crippen molar-refractivity contribution in [3.8, 4) is 11.5 Å². The maximum atomic E-state index is 14.6. The average Bonchev–Trinajstić information content (AvgIpc) is 2.69. The summed E-state index contributed by atoms with van der Waals surface area (Å²) in [5.74, 6) is -5.22. The van der Waals surface area contributed by atoms with Crippen molar-refractivity contribution in [1.29, 1.82) is 0 Å². The van der Waals surface area contributed by atoms with Crippen molar-refractivity contribution in [3.05, 3.63) is 71.0 Å². The Balaban J connectivity index is 1.87. The zero-order chi connectivity index (χ0) is 23.5. The van der Waals surface area contributed by atoms with E-state index < -0.39 is 47.2 Å². The molecule has 0 unspecified atom stereocenters. The maximum Gasteiger partial charge on any atom is 0.432 e. The molecule has 0 amide bonds. The summed E-state index contributed by atoms with van der Waals surface area (Å²) in [6.45, 7) is -1.29. The van der Waals surface area contributed by atoms with Gasteiger partial charge in [-0.25, -0.2) is 13.2 Å². The fourth-order valence-electron chi connectivity index (χ4n) is 3.33. The van der Waals surface area contributed by atoms with Gasteiger partial charge in [-0.2, -0.15) is 17.6 Å². The van der Waals surface area contributed by atoms with Gasteiger partial charge in [-0.1, -0.05) is 25.8 Å². The van der Waals surface area contributed by atoms with Crippen LogP contribution in [-0.4, -0.2) is 6.61 Å². The van der Waals surface area contributed by atoms with E-state index in [4.69, 9.17) is 0 Å². The highest BCUT2D eigenvalue weighted by molar-refractivity contribution is 5.86. The lowest BCUT2D eigenvalue weighted by Crippen LogP contribution is -2.25. The molecule has 3 aromatic rings. The van der Waals surface area contributed by atoms with Crippen molar-refractivity contribution in [2.75, 3.05) is 0 Å². The van der Waals surface area contributed by atoms with E-state index in [-0.39, 0.29) is 16.3 Å². The number of unbranched alkanes of at least 4 members (excludes halogenated alkanes) is 2. The zero-order valence-electron chi connectivity index (χ0n) is 16.9. The van der Waals surface area contributed by atoms with Crippen molar-refractivity contribution in [2.24, 2.45) is 0 Å². The molecule has 172 valence electrons. The normalized spacial score (nSPS) is 11.9. The fraction of sp³-hybridized carbons (Fsp3) is 0.304. The van der Waals surface area contributed by atoms with Crippen LogP contribution in [0.5, 0.6) is 11.5 Å². The Morgan fingerprint density at radius 3 is 2.22 bits per heavy atom. The standard InChI is InChI=1S/C23H19F7O2/c1-2-3-4-5-13-10-17(24)20(18(25)11-13)23(29,30)32-15-7-8-16-14(12-15)6-9-19(21(16)26)31-22(27)28/h6-12,22H,2-5H2,1H3. The predicted molar refractivity (Wildman–Crippen MR) is 105 cm³/mol. The van der Waals surface area contributed by atoms with Crippen LogP contribution in [0, 0.1) is 17.5 Å². The molecule has 0 aromatic heterocycles. The molecule has 0 saturated carbocycles. The number of hydrogen-bond acceptors (Lipinski definition) is 2. The number of alkyl halides is 4. The van der Waals surface area contributed by atoms with E-state index in [0.717, 1.165) is 55.3 Å².